The Morgan fingerprint density at radius 2 is 0.971 bits per heavy atom. The molecule has 1 aliphatic rings. The van der Waals surface area contributed by atoms with Gasteiger partial charge in [-0.15, -0.1) is 0 Å². The molecule has 3 aromatic heterocycles. The fourth-order valence-corrected chi connectivity index (χ4v) is 11.8. The Morgan fingerprint density at radius 1 is 0.420 bits per heavy atom. The average Bonchev–Trinajstić information content (AvgIpc) is 4.14. The first kappa shape index (κ1) is 39.6. The summed E-state index contributed by atoms with van der Waals surface area (Å²) < 4.78 is 16.8. The SMILES string of the molecule is CC(C)(C)c1ccc(N(c2ccc3c(c2)c2ccccc2n3-c2ccccc2)c2cc3c(c4oc5ccccc5c24)-c2c(ccc4c2oc2ccccc24)C3(c2ccccc2)c2ccccc2)cc1. The van der Waals surface area contributed by atoms with Crippen LogP contribution in [0.25, 0.3) is 82.5 Å². The highest BCUT2D eigenvalue weighted by Crippen LogP contribution is 2.62. The van der Waals surface area contributed by atoms with Gasteiger partial charge in [-0.2, -0.15) is 0 Å². The zero-order valence-electron chi connectivity index (χ0n) is 38.6. The van der Waals surface area contributed by atoms with Gasteiger partial charge in [0, 0.05) is 55.1 Å². The molecule has 4 nitrogen and oxygen atoms in total. The third kappa shape index (κ3) is 5.63. The number of benzene rings is 10. The highest BCUT2D eigenvalue weighted by Gasteiger charge is 2.50. The first-order chi connectivity index (χ1) is 33.9. The fraction of sp³-hybridized carbons (Fsp3) is 0.0769. The number of rotatable bonds is 6. The van der Waals surface area contributed by atoms with E-state index in [1.807, 2.05) is 0 Å². The van der Waals surface area contributed by atoms with Gasteiger partial charge in [-0.25, -0.2) is 0 Å². The summed E-state index contributed by atoms with van der Waals surface area (Å²) in [6.45, 7) is 6.84. The fourth-order valence-electron chi connectivity index (χ4n) is 11.8. The number of furan rings is 2. The lowest BCUT2D eigenvalue weighted by Gasteiger charge is -2.35. The molecule has 0 N–H and O–H groups in total. The Morgan fingerprint density at radius 3 is 1.67 bits per heavy atom. The van der Waals surface area contributed by atoms with Crippen LogP contribution in [0.1, 0.15) is 48.6 Å². The summed E-state index contributed by atoms with van der Waals surface area (Å²) in [5.41, 5.74) is 17.3. The molecule has 3 heterocycles. The van der Waals surface area contributed by atoms with Crippen LogP contribution in [0.5, 0.6) is 0 Å². The number of hydrogen-bond donors (Lipinski definition) is 0. The van der Waals surface area contributed by atoms with Gasteiger partial charge in [-0.1, -0.05) is 178 Å². The Labute approximate surface area is 399 Å². The molecule has 0 radical (unpaired) electrons. The first-order valence-electron chi connectivity index (χ1n) is 23.9. The normalized spacial score (nSPS) is 13.3. The molecule has 0 saturated heterocycles. The molecule has 13 aromatic rings. The smallest absolute Gasteiger partial charge is 0.145 e. The highest BCUT2D eigenvalue weighted by atomic mass is 16.3. The standard InChI is InChI=1S/C65H46N2O2/c1-64(2,3)41-31-33-45(34-32-41)66(46-35-38-55-51(39-46)47-25-13-16-28-54(47)67(55)44-23-11-6-12-24-44)56-40-53-61(63-59(56)50-27-15-18-30-58(50)69-63)60-52(37-36-49-48-26-14-17-29-57(48)68-62(49)60)65(53,42-19-7-4-8-20-42)43-21-9-5-10-22-43/h4-40H,1-3H3. The number of fused-ring (bicyclic) bond motifs is 14. The summed E-state index contributed by atoms with van der Waals surface area (Å²) in [7, 11) is 0. The average molecular weight is 887 g/mol. The summed E-state index contributed by atoms with van der Waals surface area (Å²) in [6, 6.07) is 81.8. The van der Waals surface area contributed by atoms with Crippen molar-refractivity contribution in [2.45, 2.75) is 31.6 Å². The molecule has 10 aromatic carbocycles. The van der Waals surface area contributed by atoms with Crippen molar-refractivity contribution in [2.75, 3.05) is 4.90 Å². The van der Waals surface area contributed by atoms with E-state index in [-0.39, 0.29) is 5.41 Å². The van der Waals surface area contributed by atoms with Crippen molar-refractivity contribution < 1.29 is 8.83 Å². The molecule has 0 unspecified atom stereocenters. The lowest BCUT2D eigenvalue weighted by Crippen LogP contribution is -2.28. The minimum Gasteiger partial charge on any atom is -0.455 e. The maximum absolute atomic E-state index is 7.38. The molecular formula is C65H46N2O2. The summed E-state index contributed by atoms with van der Waals surface area (Å²) in [5.74, 6) is 0. The van der Waals surface area contributed by atoms with Gasteiger partial charge in [0.2, 0.25) is 0 Å². The van der Waals surface area contributed by atoms with Crippen molar-refractivity contribution >= 4 is 82.7 Å². The molecule has 0 amide bonds. The monoisotopic (exact) mass is 886 g/mol. The first-order valence-corrected chi connectivity index (χ1v) is 23.9. The minimum absolute atomic E-state index is 0.0259. The van der Waals surface area contributed by atoms with E-state index in [0.29, 0.717) is 0 Å². The van der Waals surface area contributed by atoms with Crippen LogP contribution in [-0.2, 0) is 10.8 Å². The Bertz CT molecular complexity index is 4110. The molecule has 0 fully saturated rings. The van der Waals surface area contributed by atoms with E-state index in [2.05, 4.69) is 255 Å². The molecule has 0 saturated carbocycles. The van der Waals surface area contributed by atoms with E-state index in [4.69, 9.17) is 8.83 Å². The second-order valence-corrected chi connectivity index (χ2v) is 19.6. The zero-order valence-corrected chi connectivity index (χ0v) is 38.6. The van der Waals surface area contributed by atoms with Crippen molar-refractivity contribution in [2.24, 2.45) is 0 Å². The molecule has 0 bridgehead atoms. The number of para-hydroxylation sites is 4. The van der Waals surface area contributed by atoms with E-state index in [1.165, 1.54) is 33.0 Å². The molecule has 69 heavy (non-hydrogen) atoms. The molecule has 1 aliphatic carbocycles. The Hall–Kier alpha value is -8.60. The minimum atomic E-state index is -0.753. The Balaban J connectivity index is 1.15. The maximum Gasteiger partial charge on any atom is 0.145 e. The number of hydrogen-bond acceptors (Lipinski definition) is 3. The molecule has 0 atom stereocenters. The topological polar surface area (TPSA) is 34.5 Å². The van der Waals surface area contributed by atoms with E-state index in [1.54, 1.807) is 0 Å². The van der Waals surface area contributed by atoms with Crippen molar-refractivity contribution in [1.29, 1.82) is 0 Å². The van der Waals surface area contributed by atoms with Crippen LogP contribution in [0.4, 0.5) is 17.1 Å². The molecule has 4 heteroatoms. The third-order valence-corrected chi connectivity index (χ3v) is 14.8. The summed E-state index contributed by atoms with van der Waals surface area (Å²) in [5, 5.41) is 6.67. The van der Waals surface area contributed by atoms with E-state index < -0.39 is 5.41 Å². The van der Waals surface area contributed by atoms with Crippen LogP contribution in [0.3, 0.4) is 0 Å². The maximum atomic E-state index is 7.38. The van der Waals surface area contributed by atoms with Crippen LogP contribution in [0, 0.1) is 0 Å². The van der Waals surface area contributed by atoms with Crippen LogP contribution in [0.15, 0.2) is 233 Å². The summed E-state index contributed by atoms with van der Waals surface area (Å²) in [4.78, 5) is 2.48. The predicted octanol–water partition coefficient (Wildman–Crippen LogP) is 17.7. The van der Waals surface area contributed by atoms with Gasteiger partial charge >= 0.3 is 0 Å². The van der Waals surface area contributed by atoms with Crippen LogP contribution < -0.4 is 4.90 Å². The van der Waals surface area contributed by atoms with Crippen molar-refractivity contribution in [3.63, 3.8) is 0 Å². The van der Waals surface area contributed by atoms with Crippen molar-refractivity contribution in [1.82, 2.24) is 4.57 Å². The van der Waals surface area contributed by atoms with Crippen molar-refractivity contribution in [3.05, 3.63) is 252 Å². The lowest BCUT2D eigenvalue weighted by molar-refractivity contribution is 0.590. The second kappa shape index (κ2) is 14.7. The predicted molar refractivity (Wildman–Crippen MR) is 286 cm³/mol. The van der Waals surface area contributed by atoms with Crippen LogP contribution >= 0.6 is 0 Å². The van der Waals surface area contributed by atoms with Gasteiger partial charge in [0.05, 0.1) is 27.5 Å². The number of aromatic nitrogens is 1. The van der Waals surface area contributed by atoms with Gasteiger partial charge < -0.3 is 18.3 Å². The number of anilines is 3. The van der Waals surface area contributed by atoms with Gasteiger partial charge in [0.25, 0.3) is 0 Å². The van der Waals surface area contributed by atoms with Crippen molar-refractivity contribution in [3.8, 4) is 16.8 Å². The van der Waals surface area contributed by atoms with E-state index in [9.17, 15) is 0 Å². The van der Waals surface area contributed by atoms with Crippen LogP contribution in [-0.4, -0.2) is 4.57 Å². The molecule has 0 spiro atoms. The molecule has 328 valence electrons. The van der Waals surface area contributed by atoms with Crippen LogP contribution in [0.2, 0.25) is 0 Å². The Kier molecular flexibility index (Phi) is 8.43. The largest absolute Gasteiger partial charge is 0.455 e. The van der Waals surface area contributed by atoms with Gasteiger partial charge in [0.15, 0.2) is 0 Å². The second-order valence-electron chi connectivity index (χ2n) is 19.6. The van der Waals surface area contributed by atoms with Gasteiger partial charge in [0.1, 0.15) is 22.3 Å². The summed E-state index contributed by atoms with van der Waals surface area (Å²) in [6.07, 6.45) is 0. The lowest BCUT2D eigenvalue weighted by atomic mass is 9.67. The van der Waals surface area contributed by atoms with Gasteiger partial charge in [-0.05, 0) is 100.0 Å². The number of nitrogens with zero attached hydrogens (tertiary/aromatic N) is 2. The van der Waals surface area contributed by atoms with E-state index >= 15 is 0 Å². The zero-order chi connectivity index (χ0) is 46.0. The quantitative estimate of drug-likeness (QED) is 0.167. The molecular weight excluding hydrogens is 841 g/mol. The third-order valence-electron chi connectivity index (χ3n) is 14.8. The van der Waals surface area contributed by atoms with E-state index in [0.717, 1.165) is 94.4 Å². The summed E-state index contributed by atoms with van der Waals surface area (Å²) >= 11 is 0. The molecule has 14 rings (SSSR count). The molecule has 0 aliphatic heterocycles. The highest BCUT2D eigenvalue weighted by molar-refractivity contribution is 6.23. The van der Waals surface area contributed by atoms with Gasteiger partial charge in [-0.3, -0.25) is 0 Å².